The number of hydrogen-bond acceptors (Lipinski definition) is 3. The Hall–Kier alpha value is -0.120. The molecule has 0 fully saturated rings. The van der Waals surface area contributed by atoms with Crippen LogP contribution in [0.25, 0.3) is 0 Å². The van der Waals surface area contributed by atoms with Crippen LogP contribution in [0.5, 0.6) is 0 Å². The van der Waals surface area contributed by atoms with Crippen LogP contribution in [0.1, 0.15) is 20.8 Å². The first-order valence-corrected chi connectivity index (χ1v) is 4.44. The summed E-state index contributed by atoms with van der Waals surface area (Å²) in [4.78, 5) is 0. The van der Waals surface area contributed by atoms with Crippen molar-refractivity contribution < 1.29 is 15.3 Å². The molecular weight excluding hydrogens is 156 g/mol. The minimum atomic E-state index is -0.611. The highest BCUT2D eigenvalue weighted by molar-refractivity contribution is 4.75. The van der Waals surface area contributed by atoms with Crippen LogP contribution in [0.4, 0.5) is 0 Å². The summed E-state index contributed by atoms with van der Waals surface area (Å²) in [5, 5.41) is 27.4. The fourth-order valence-corrected chi connectivity index (χ4v) is 1.24. The standard InChI is InChI=1S/C9H20O3/c1-6(2)8(5-11)9(12)7(3)4-10/h6-12H,4-5H2,1-3H3. The fourth-order valence-electron chi connectivity index (χ4n) is 1.24. The number of hydrogen-bond donors (Lipinski definition) is 3. The van der Waals surface area contributed by atoms with Gasteiger partial charge in [-0.1, -0.05) is 20.8 Å². The molecule has 0 amide bonds. The first-order valence-electron chi connectivity index (χ1n) is 4.44. The molecule has 0 aliphatic rings. The minimum absolute atomic E-state index is 0.0246. The second kappa shape index (κ2) is 5.51. The maximum Gasteiger partial charge on any atom is 0.0640 e. The highest BCUT2D eigenvalue weighted by Crippen LogP contribution is 2.20. The van der Waals surface area contributed by atoms with E-state index < -0.39 is 6.10 Å². The van der Waals surface area contributed by atoms with Gasteiger partial charge in [0.15, 0.2) is 0 Å². The third-order valence-corrected chi connectivity index (χ3v) is 2.38. The highest BCUT2D eigenvalue weighted by Gasteiger charge is 2.25. The number of rotatable bonds is 5. The lowest BCUT2D eigenvalue weighted by molar-refractivity contribution is -0.00974. The summed E-state index contributed by atoms with van der Waals surface area (Å²) < 4.78 is 0. The summed E-state index contributed by atoms with van der Waals surface area (Å²) in [6.45, 7) is 5.62. The van der Waals surface area contributed by atoms with Gasteiger partial charge in [0.25, 0.3) is 0 Å². The summed E-state index contributed by atoms with van der Waals surface area (Å²) in [5.41, 5.74) is 0. The van der Waals surface area contributed by atoms with Crippen molar-refractivity contribution in [3.8, 4) is 0 Å². The van der Waals surface area contributed by atoms with Crippen molar-refractivity contribution in [2.24, 2.45) is 17.8 Å². The Bertz CT molecular complexity index is 114. The van der Waals surface area contributed by atoms with Gasteiger partial charge in [-0.15, -0.1) is 0 Å². The van der Waals surface area contributed by atoms with Gasteiger partial charge in [0.2, 0.25) is 0 Å². The molecule has 3 atom stereocenters. The van der Waals surface area contributed by atoms with Crippen molar-refractivity contribution in [2.75, 3.05) is 13.2 Å². The van der Waals surface area contributed by atoms with Crippen LogP contribution in [0, 0.1) is 17.8 Å². The molecule has 0 aromatic heterocycles. The van der Waals surface area contributed by atoms with Gasteiger partial charge in [-0.2, -0.15) is 0 Å². The zero-order chi connectivity index (χ0) is 9.72. The van der Waals surface area contributed by atoms with E-state index in [9.17, 15) is 5.11 Å². The quantitative estimate of drug-likeness (QED) is 0.562. The molecule has 0 heterocycles. The Morgan fingerprint density at radius 1 is 1.00 bits per heavy atom. The summed E-state index contributed by atoms with van der Waals surface area (Å²) >= 11 is 0. The average Bonchev–Trinajstić information content (AvgIpc) is 2.03. The molecular formula is C9H20O3. The Balaban J connectivity index is 4.10. The minimum Gasteiger partial charge on any atom is -0.396 e. The first-order chi connectivity index (χ1) is 5.54. The third-order valence-electron chi connectivity index (χ3n) is 2.38. The van der Waals surface area contributed by atoms with Crippen LogP contribution in [-0.2, 0) is 0 Å². The van der Waals surface area contributed by atoms with Crippen molar-refractivity contribution in [1.82, 2.24) is 0 Å². The Morgan fingerprint density at radius 3 is 1.75 bits per heavy atom. The highest BCUT2D eigenvalue weighted by atomic mass is 16.3. The third kappa shape index (κ3) is 3.09. The van der Waals surface area contributed by atoms with Gasteiger partial charge in [-0.3, -0.25) is 0 Å². The summed E-state index contributed by atoms with van der Waals surface area (Å²) in [7, 11) is 0. The maximum atomic E-state index is 9.63. The Labute approximate surface area is 74.0 Å². The van der Waals surface area contributed by atoms with E-state index in [0.29, 0.717) is 0 Å². The molecule has 3 nitrogen and oxygen atoms in total. The summed E-state index contributed by atoms with van der Waals surface area (Å²) in [6.07, 6.45) is -0.611. The van der Waals surface area contributed by atoms with E-state index in [1.165, 1.54) is 0 Å². The van der Waals surface area contributed by atoms with E-state index in [1.807, 2.05) is 13.8 Å². The van der Waals surface area contributed by atoms with E-state index in [1.54, 1.807) is 6.92 Å². The largest absolute Gasteiger partial charge is 0.396 e. The van der Waals surface area contributed by atoms with Crippen LogP contribution in [0.15, 0.2) is 0 Å². The fraction of sp³-hybridized carbons (Fsp3) is 1.00. The van der Waals surface area contributed by atoms with E-state index in [4.69, 9.17) is 10.2 Å². The topological polar surface area (TPSA) is 60.7 Å². The van der Waals surface area contributed by atoms with Crippen molar-refractivity contribution in [3.63, 3.8) is 0 Å². The van der Waals surface area contributed by atoms with Gasteiger partial charge in [0.1, 0.15) is 0 Å². The molecule has 0 aromatic carbocycles. The van der Waals surface area contributed by atoms with Crippen molar-refractivity contribution >= 4 is 0 Å². The van der Waals surface area contributed by atoms with Crippen LogP contribution in [0.3, 0.4) is 0 Å². The Kier molecular flexibility index (Phi) is 5.46. The molecule has 3 N–H and O–H groups in total. The van der Waals surface area contributed by atoms with E-state index in [0.717, 1.165) is 0 Å². The predicted molar refractivity (Wildman–Crippen MR) is 47.7 cm³/mol. The van der Waals surface area contributed by atoms with Crippen LogP contribution in [0.2, 0.25) is 0 Å². The molecule has 0 aliphatic heterocycles. The van der Waals surface area contributed by atoms with Crippen LogP contribution in [-0.4, -0.2) is 34.6 Å². The summed E-state index contributed by atoms with van der Waals surface area (Å²) in [6, 6.07) is 0. The zero-order valence-electron chi connectivity index (χ0n) is 8.07. The lowest BCUT2D eigenvalue weighted by Gasteiger charge is -2.27. The van der Waals surface area contributed by atoms with Gasteiger partial charge in [0.05, 0.1) is 6.10 Å². The van der Waals surface area contributed by atoms with Crippen molar-refractivity contribution in [3.05, 3.63) is 0 Å². The molecule has 3 heteroatoms. The van der Waals surface area contributed by atoms with Crippen LogP contribution < -0.4 is 0 Å². The maximum absolute atomic E-state index is 9.63. The Morgan fingerprint density at radius 2 is 1.50 bits per heavy atom. The van der Waals surface area contributed by atoms with Crippen molar-refractivity contribution in [2.45, 2.75) is 26.9 Å². The lowest BCUT2D eigenvalue weighted by atomic mass is 9.85. The molecule has 74 valence electrons. The van der Waals surface area contributed by atoms with Gasteiger partial charge in [0, 0.05) is 25.0 Å². The normalized spacial score (nSPS) is 19.2. The summed E-state index contributed by atoms with van der Waals surface area (Å²) in [5.74, 6) is -0.0595. The smallest absolute Gasteiger partial charge is 0.0640 e. The van der Waals surface area contributed by atoms with Gasteiger partial charge < -0.3 is 15.3 Å². The molecule has 12 heavy (non-hydrogen) atoms. The SMILES string of the molecule is CC(C)C(CO)C(O)C(C)CO. The number of aliphatic hydroxyl groups excluding tert-OH is 3. The molecule has 0 saturated heterocycles. The van der Waals surface area contributed by atoms with Gasteiger partial charge in [-0.25, -0.2) is 0 Å². The predicted octanol–water partition coefficient (Wildman–Crippen LogP) is 0.240. The number of aliphatic hydroxyl groups is 3. The molecule has 0 aromatic rings. The van der Waals surface area contributed by atoms with Crippen molar-refractivity contribution in [1.29, 1.82) is 0 Å². The molecule has 0 saturated carbocycles. The molecule has 0 bridgehead atoms. The monoisotopic (exact) mass is 176 g/mol. The van der Waals surface area contributed by atoms with Crippen LogP contribution >= 0.6 is 0 Å². The van der Waals surface area contributed by atoms with E-state index in [2.05, 4.69) is 0 Å². The van der Waals surface area contributed by atoms with E-state index in [-0.39, 0.29) is 31.0 Å². The molecule has 0 radical (unpaired) electrons. The molecule has 0 aliphatic carbocycles. The van der Waals surface area contributed by atoms with E-state index >= 15 is 0 Å². The second-order valence-electron chi connectivity index (χ2n) is 3.74. The molecule has 0 rings (SSSR count). The first kappa shape index (κ1) is 11.9. The molecule has 0 spiro atoms. The van der Waals surface area contributed by atoms with Gasteiger partial charge in [-0.05, 0) is 5.92 Å². The zero-order valence-corrected chi connectivity index (χ0v) is 8.07. The lowest BCUT2D eigenvalue weighted by Crippen LogP contribution is -2.35. The second-order valence-corrected chi connectivity index (χ2v) is 3.74. The average molecular weight is 176 g/mol. The van der Waals surface area contributed by atoms with Gasteiger partial charge >= 0.3 is 0 Å². The molecule has 3 unspecified atom stereocenters.